The van der Waals surface area contributed by atoms with Crippen molar-refractivity contribution in [2.45, 2.75) is 6.92 Å². The van der Waals surface area contributed by atoms with Gasteiger partial charge < -0.3 is 14.5 Å². The van der Waals surface area contributed by atoms with E-state index < -0.39 is 0 Å². The molecule has 0 atom stereocenters. The summed E-state index contributed by atoms with van der Waals surface area (Å²) >= 11 is 0. The van der Waals surface area contributed by atoms with Gasteiger partial charge in [-0.15, -0.1) is 0 Å². The van der Waals surface area contributed by atoms with Gasteiger partial charge in [-0.1, -0.05) is 6.07 Å². The van der Waals surface area contributed by atoms with Crippen LogP contribution in [0.25, 0.3) is 22.2 Å². The summed E-state index contributed by atoms with van der Waals surface area (Å²) in [5.41, 5.74) is 2.83. The Kier molecular flexibility index (Phi) is 6.08. The number of halogens is 1. The highest BCUT2D eigenvalue weighted by Crippen LogP contribution is 2.31. The molecule has 34 heavy (non-hydrogen) atoms. The maximum Gasteiger partial charge on any atom is 0.254 e. The second-order valence-electron chi connectivity index (χ2n) is 8.14. The molecule has 172 valence electrons. The number of anilines is 1. The number of hydrogen-bond donors (Lipinski definition) is 0. The van der Waals surface area contributed by atoms with Crippen LogP contribution < -0.4 is 9.64 Å². The maximum atomic E-state index is 13.4. The zero-order valence-electron chi connectivity index (χ0n) is 18.9. The summed E-state index contributed by atoms with van der Waals surface area (Å²) in [7, 11) is 0. The van der Waals surface area contributed by atoms with Gasteiger partial charge >= 0.3 is 0 Å². The Balaban J connectivity index is 1.40. The minimum absolute atomic E-state index is 0.00682. The highest BCUT2D eigenvalue weighted by Gasteiger charge is 2.23. The summed E-state index contributed by atoms with van der Waals surface area (Å²) in [4.78, 5) is 26.5. The van der Waals surface area contributed by atoms with Crippen LogP contribution in [0.3, 0.4) is 0 Å². The molecular weight excluding hydrogens is 431 g/mol. The molecule has 1 aliphatic heterocycles. The van der Waals surface area contributed by atoms with Gasteiger partial charge in [0.25, 0.3) is 5.91 Å². The second-order valence-corrected chi connectivity index (χ2v) is 8.14. The molecule has 6 nitrogen and oxygen atoms in total. The van der Waals surface area contributed by atoms with Crippen LogP contribution in [-0.4, -0.2) is 53.6 Å². The van der Waals surface area contributed by atoms with E-state index in [4.69, 9.17) is 9.72 Å². The lowest BCUT2D eigenvalue weighted by atomic mass is 10.1. The molecule has 3 heterocycles. The average molecular weight is 457 g/mol. The van der Waals surface area contributed by atoms with Crippen molar-refractivity contribution in [1.29, 1.82) is 0 Å². The third-order valence-electron chi connectivity index (χ3n) is 6.00. The van der Waals surface area contributed by atoms with Crippen LogP contribution in [-0.2, 0) is 0 Å². The number of ether oxygens (including phenoxy) is 1. The lowest BCUT2D eigenvalue weighted by Gasteiger charge is -2.35. The van der Waals surface area contributed by atoms with Crippen LogP contribution in [0, 0.1) is 5.82 Å². The summed E-state index contributed by atoms with van der Waals surface area (Å²) in [5, 5.41) is 0.783. The third kappa shape index (κ3) is 4.41. The molecule has 0 unspecified atom stereocenters. The monoisotopic (exact) mass is 456 g/mol. The van der Waals surface area contributed by atoms with Gasteiger partial charge in [-0.3, -0.25) is 4.79 Å². The molecule has 5 rings (SSSR count). The lowest BCUT2D eigenvalue weighted by molar-refractivity contribution is 0.0746. The minimum atomic E-state index is -0.293. The van der Waals surface area contributed by atoms with E-state index in [1.807, 2.05) is 54.3 Å². The number of amides is 1. The van der Waals surface area contributed by atoms with E-state index in [0.29, 0.717) is 36.7 Å². The smallest absolute Gasteiger partial charge is 0.254 e. The van der Waals surface area contributed by atoms with E-state index in [9.17, 15) is 9.18 Å². The van der Waals surface area contributed by atoms with Crippen molar-refractivity contribution in [3.8, 4) is 17.0 Å². The highest BCUT2D eigenvalue weighted by molar-refractivity contribution is 6.00. The first kappa shape index (κ1) is 21.8. The number of nitrogens with zero attached hydrogens (tertiary/aromatic N) is 4. The molecule has 4 aromatic rings. The molecule has 0 aliphatic carbocycles. The Labute approximate surface area is 197 Å². The van der Waals surface area contributed by atoms with Gasteiger partial charge in [0.05, 0.1) is 17.8 Å². The van der Waals surface area contributed by atoms with E-state index in [0.717, 1.165) is 35.4 Å². The minimum Gasteiger partial charge on any atom is -0.493 e. The zero-order chi connectivity index (χ0) is 23.5. The predicted molar refractivity (Wildman–Crippen MR) is 131 cm³/mol. The first-order valence-corrected chi connectivity index (χ1v) is 11.4. The van der Waals surface area contributed by atoms with Crippen molar-refractivity contribution in [2.24, 2.45) is 0 Å². The molecule has 1 amide bonds. The number of hydrogen-bond acceptors (Lipinski definition) is 5. The van der Waals surface area contributed by atoms with Crippen LogP contribution in [0.1, 0.15) is 17.3 Å². The van der Waals surface area contributed by atoms with Crippen LogP contribution >= 0.6 is 0 Å². The summed E-state index contributed by atoms with van der Waals surface area (Å²) in [5.74, 6) is 1.29. The average Bonchev–Trinajstić information content (AvgIpc) is 2.89. The molecule has 0 spiro atoms. The summed E-state index contributed by atoms with van der Waals surface area (Å²) < 4.78 is 19.2. The van der Waals surface area contributed by atoms with Crippen molar-refractivity contribution in [1.82, 2.24) is 14.9 Å². The lowest BCUT2D eigenvalue weighted by Crippen LogP contribution is -2.49. The second kappa shape index (κ2) is 9.47. The molecule has 0 saturated carbocycles. The van der Waals surface area contributed by atoms with E-state index in [1.54, 1.807) is 18.3 Å². The van der Waals surface area contributed by atoms with E-state index in [2.05, 4.69) is 9.88 Å². The number of fused-ring (bicyclic) bond motifs is 1. The van der Waals surface area contributed by atoms with E-state index >= 15 is 0 Å². The summed E-state index contributed by atoms with van der Waals surface area (Å²) in [6.45, 7) is 5.14. The quantitative estimate of drug-likeness (QED) is 0.432. The standard InChI is InChI=1S/C27H25FN4O2/c1-2-34-25-18-24(19-6-9-21(28)10-7-19)30-23-11-8-20(17-22(23)25)27(33)32-15-13-31(14-16-32)26-5-3-4-12-29-26/h3-12,17-18H,2,13-16H2,1H3. The number of aromatic nitrogens is 2. The molecule has 1 saturated heterocycles. The molecule has 0 bridgehead atoms. The van der Waals surface area contributed by atoms with Crippen molar-refractivity contribution >= 4 is 22.6 Å². The fourth-order valence-electron chi connectivity index (χ4n) is 4.23. The Morgan fingerprint density at radius 3 is 2.50 bits per heavy atom. The Morgan fingerprint density at radius 2 is 1.79 bits per heavy atom. The molecule has 1 aliphatic rings. The number of carbonyl (C=O) groups excluding carboxylic acids is 1. The predicted octanol–water partition coefficient (Wildman–Crippen LogP) is 4.80. The van der Waals surface area contributed by atoms with Crippen LogP contribution in [0.15, 0.2) is 72.9 Å². The number of rotatable bonds is 5. The molecule has 7 heteroatoms. The normalized spacial score (nSPS) is 13.8. The van der Waals surface area contributed by atoms with Crippen molar-refractivity contribution < 1.29 is 13.9 Å². The molecule has 0 radical (unpaired) electrons. The third-order valence-corrected chi connectivity index (χ3v) is 6.00. The Hall–Kier alpha value is -4.00. The van der Waals surface area contributed by atoms with Gasteiger partial charge in [-0.25, -0.2) is 14.4 Å². The summed E-state index contributed by atoms with van der Waals surface area (Å²) in [6.07, 6.45) is 1.79. The first-order chi connectivity index (χ1) is 16.6. The highest BCUT2D eigenvalue weighted by atomic mass is 19.1. The van der Waals surface area contributed by atoms with Gasteiger partial charge in [0, 0.05) is 55.0 Å². The van der Waals surface area contributed by atoms with Gasteiger partial charge in [0.15, 0.2) is 0 Å². The largest absolute Gasteiger partial charge is 0.493 e. The first-order valence-electron chi connectivity index (χ1n) is 11.4. The molecular formula is C27H25FN4O2. The summed E-state index contributed by atoms with van der Waals surface area (Å²) in [6, 6.07) is 19.4. The molecule has 2 aromatic heterocycles. The number of pyridine rings is 2. The van der Waals surface area contributed by atoms with Crippen LogP contribution in [0.4, 0.5) is 10.2 Å². The zero-order valence-corrected chi connectivity index (χ0v) is 18.9. The molecule has 1 fully saturated rings. The Bertz CT molecular complexity index is 1300. The van der Waals surface area contributed by atoms with Gasteiger partial charge in [-0.2, -0.15) is 0 Å². The van der Waals surface area contributed by atoms with Gasteiger partial charge in [0.1, 0.15) is 17.4 Å². The van der Waals surface area contributed by atoms with Crippen molar-refractivity contribution in [3.05, 3.63) is 84.3 Å². The van der Waals surface area contributed by atoms with E-state index in [-0.39, 0.29) is 11.7 Å². The molecule has 2 aromatic carbocycles. The van der Waals surface area contributed by atoms with Gasteiger partial charge in [-0.05, 0) is 61.5 Å². The SMILES string of the molecule is CCOc1cc(-c2ccc(F)cc2)nc2ccc(C(=O)N3CCN(c4ccccn4)CC3)cc12. The number of piperazine rings is 1. The fraction of sp³-hybridized carbons (Fsp3) is 0.222. The topological polar surface area (TPSA) is 58.6 Å². The maximum absolute atomic E-state index is 13.4. The van der Waals surface area contributed by atoms with E-state index in [1.165, 1.54) is 12.1 Å². The van der Waals surface area contributed by atoms with Crippen molar-refractivity contribution in [2.75, 3.05) is 37.7 Å². The van der Waals surface area contributed by atoms with Crippen LogP contribution in [0.5, 0.6) is 5.75 Å². The van der Waals surface area contributed by atoms with Crippen molar-refractivity contribution in [3.63, 3.8) is 0 Å². The van der Waals surface area contributed by atoms with Gasteiger partial charge in [0.2, 0.25) is 0 Å². The number of carbonyl (C=O) groups is 1. The van der Waals surface area contributed by atoms with Crippen LogP contribution in [0.2, 0.25) is 0 Å². The molecule has 0 N–H and O–H groups in total. The number of benzene rings is 2. The fourth-order valence-corrected chi connectivity index (χ4v) is 4.23. The Morgan fingerprint density at radius 1 is 1.00 bits per heavy atom.